The maximum Gasteiger partial charge on any atom is 0.295 e. The summed E-state index contributed by atoms with van der Waals surface area (Å²) in [5.41, 5.74) is 0.716. The van der Waals surface area contributed by atoms with E-state index in [0.29, 0.717) is 11.5 Å². The Balaban J connectivity index is 1.87. The van der Waals surface area contributed by atoms with Gasteiger partial charge in [-0.3, -0.25) is 4.72 Å². The molecule has 0 bridgehead atoms. The summed E-state index contributed by atoms with van der Waals surface area (Å²) in [7, 11) is -3.97. The number of benzene rings is 1. The molecule has 25 heavy (non-hydrogen) atoms. The lowest BCUT2D eigenvalue weighted by molar-refractivity contribution is 0.429. The molecule has 1 aromatic carbocycles. The van der Waals surface area contributed by atoms with E-state index in [4.69, 9.17) is 8.83 Å². The van der Waals surface area contributed by atoms with Gasteiger partial charge in [-0.15, -0.1) is 10.2 Å². The SMILES string of the molecule is Cc1cc(F)ccc1NS(=O)(=O)c1ccc(-c2nnc(C(C)C)o2)o1. The second-order valence-corrected chi connectivity index (χ2v) is 7.40. The quantitative estimate of drug-likeness (QED) is 0.740. The van der Waals surface area contributed by atoms with E-state index in [-0.39, 0.29) is 28.3 Å². The molecule has 132 valence electrons. The lowest BCUT2D eigenvalue weighted by atomic mass is 10.2. The summed E-state index contributed by atoms with van der Waals surface area (Å²) >= 11 is 0. The summed E-state index contributed by atoms with van der Waals surface area (Å²) in [6.45, 7) is 5.38. The molecule has 0 atom stereocenters. The summed E-state index contributed by atoms with van der Waals surface area (Å²) in [6.07, 6.45) is 0. The second kappa shape index (κ2) is 6.32. The zero-order chi connectivity index (χ0) is 18.2. The smallest absolute Gasteiger partial charge is 0.295 e. The topological polar surface area (TPSA) is 98.2 Å². The summed E-state index contributed by atoms with van der Waals surface area (Å²) in [4.78, 5) is 0. The molecule has 0 aliphatic heterocycles. The van der Waals surface area contributed by atoms with Crippen molar-refractivity contribution in [2.24, 2.45) is 0 Å². The van der Waals surface area contributed by atoms with Gasteiger partial charge in [0.2, 0.25) is 11.0 Å². The van der Waals surface area contributed by atoms with Gasteiger partial charge in [0, 0.05) is 5.92 Å². The number of furan rings is 1. The maximum absolute atomic E-state index is 13.1. The van der Waals surface area contributed by atoms with E-state index in [1.807, 2.05) is 13.8 Å². The van der Waals surface area contributed by atoms with Gasteiger partial charge in [-0.05, 0) is 42.8 Å². The standard InChI is InChI=1S/C16H16FN3O4S/c1-9(2)15-18-19-16(24-15)13-6-7-14(23-13)25(21,22)20-12-5-4-11(17)8-10(12)3/h4-9,20H,1-3H3. The first-order chi connectivity index (χ1) is 11.8. The molecule has 0 aliphatic rings. The van der Waals surface area contributed by atoms with Crippen LogP contribution in [0, 0.1) is 12.7 Å². The number of nitrogens with one attached hydrogen (secondary N) is 1. The van der Waals surface area contributed by atoms with Gasteiger partial charge in [0.15, 0.2) is 5.76 Å². The van der Waals surface area contributed by atoms with Gasteiger partial charge in [-0.2, -0.15) is 8.42 Å². The number of nitrogens with zero attached hydrogens (tertiary/aromatic N) is 2. The third-order valence-electron chi connectivity index (χ3n) is 3.42. The molecule has 3 aromatic rings. The third kappa shape index (κ3) is 3.55. The van der Waals surface area contributed by atoms with E-state index in [0.717, 1.165) is 0 Å². The van der Waals surface area contributed by atoms with Crippen LogP contribution in [-0.2, 0) is 10.0 Å². The molecule has 0 unspecified atom stereocenters. The number of rotatable bonds is 5. The molecule has 0 radical (unpaired) electrons. The molecule has 0 aliphatic carbocycles. The van der Waals surface area contributed by atoms with E-state index in [1.165, 1.54) is 30.3 Å². The van der Waals surface area contributed by atoms with Crippen LogP contribution in [-0.4, -0.2) is 18.6 Å². The predicted molar refractivity (Wildman–Crippen MR) is 88.0 cm³/mol. The summed E-state index contributed by atoms with van der Waals surface area (Å²) in [6, 6.07) is 6.47. The number of hydrogen-bond acceptors (Lipinski definition) is 6. The molecule has 9 heteroatoms. The van der Waals surface area contributed by atoms with Crippen molar-refractivity contribution in [1.82, 2.24) is 10.2 Å². The van der Waals surface area contributed by atoms with E-state index < -0.39 is 15.8 Å². The summed E-state index contributed by atoms with van der Waals surface area (Å²) < 4.78 is 51.1. The van der Waals surface area contributed by atoms with Gasteiger partial charge >= 0.3 is 0 Å². The number of aromatic nitrogens is 2. The van der Waals surface area contributed by atoms with Gasteiger partial charge in [-0.1, -0.05) is 13.8 Å². The monoisotopic (exact) mass is 365 g/mol. The Bertz CT molecular complexity index is 1010. The number of hydrogen-bond donors (Lipinski definition) is 1. The van der Waals surface area contributed by atoms with Gasteiger partial charge in [-0.25, -0.2) is 4.39 Å². The lowest BCUT2D eigenvalue weighted by Crippen LogP contribution is -2.13. The van der Waals surface area contributed by atoms with Crippen LogP contribution in [0.3, 0.4) is 0 Å². The Kier molecular flexibility index (Phi) is 4.34. The largest absolute Gasteiger partial charge is 0.438 e. The fourth-order valence-corrected chi connectivity index (χ4v) is 3.15. The highest BCUT2D eigenvalue weighted by Gasteiger charge is 2.22. The molecular formula is C16H16FN3O4S. The number of sulfonamides is 1. The van der Waals surface area contributed by atoms with E-state index in [9.17, 15) is 12.8 Å². The van der Waals surface area contributed by atoms with Gasteiger partial charge in [0.05, 0.1) is 5.69 Å². The lowest BCUT2D eigenvalue weighted by Gasteiger charge is -2.08. The fraction of sp³-hybridized carbons (Fsp3) is 0.250. The molecule has 0 saturated heterocycles. The second-order valence-electron chi connectivity index (χ2n) is 5.78. The van der Waals surface area contributed by atoms with Crippen molar-refractivity contribution in [3.05, 3.63) is 47.6 Å². The Hall–Kier alpha value is -2.68. The highest BCUT2D eigenvalue weighted by molar-refractivity contribution is 7.92. The van der Waals surface area contributed by atoms with Crippen molar-refractivity contribution in [3.63, 3.8) is 0 Å². The van der Waals surface area contributed by atoms with Crippen molar-refractivity contribution in [3.8, 4) is 11.7 Å². The molecule has 0 spiro atoms. The first-order valence-corrected chi connectivity index (χ1v) is 8.97. The first-order valence-electron chi connectivity index (χ1n) is 7.49. The highest BCUT2D eigenvalue weighted by Crippen LogP contribution is 2.27. The van der Waals surface area contributed by atoms with Crippen molar-refractivity contribution in [2.45, 2.75) is 31.8 Å². The van der Waals surface area contributed by atoms with E-state index in [1.54, 1.807) is 6.92 Å². The molecule has 1 N–H and O–H groups in total. The van der Waals surface area contributed by atoms with Crippen LogP contribution in [0.15, 0.2) is 44.3 Å². The Morgan fingerprint density at radius 3 is 2.52 bits per heavy atom. The number of halogens is 1. The Morgan fingerprint density at radius 2 is 1.88 bits per heavy atom. The molecule has 0 amide bonds. The zero-order valence-electron chi connectivity index (χ0n) is 13.8. The number of aryl methyl sites for hydroxylation is 1. The van der Waals surface area contributed by atoms with Crippen molar-refractivity contribution in [2.75, 3.05) is 4.72 Å². The first kappa shape index (κ1) is 17.2. The van der Waals surface area contributed by atoms with Gasteiger partial charge in [0.25, 0.3) is 15.9 Å². The fourth-order valence-electron chi connectivity index (χ4n) is 2.08. The predicted octanol–water partition coefficient (Wildman–Crippen LogP) is 3.70. The Labute approximate surface area is 143 Å². The number of anilines is 1. The Morgan fingerprint density at radius 1 is 1.12 bits per heavy atom. The normalized spacial score (nSPS) is 11.9. The van der Waals surface area contributed by atoms with E-state index in [2.05, 4.69) is 14.9 Å². The van der Waals surface area contributed by atoms with Crippen molar-refractivity contribution in [1.29, 1.82) is 0 Å². The van der Waals surface area contributed by atoms with Crippen molar-refractivity contribution < 1.29 is 21.6 Å². The molecule has 3 rings (SSSR count). The molecule has 0 saturated carbocycles. The van der Waals surface area contributed by atoms with Crippen LogP contribution in [0.5, 0.6) is 0 Å². The van der Waals surface area contributed by atoms with Crippen LogP contribution in [0.25, 0.3) is 11.7 Å². The average molecular weight is 365 g/mol. The van der Waals surface area contributed by atoms with Crippen LogP contribution < -0.4 is 4.72 Å². The summed E-state index contributed by atoms with van der Waals surface area (Å²) in [5.74, 6) is 0.273. The third-order valence-corrected chi connectivity index (χ3v) is 4.66. The van der Waals surface area contributed by atoms with Gasteiger partial charge in [0.1, 0.15) is 5.82 Å². The van der Waals surface area contributed by atoms with Crippen LogP contribution in [0.2, 0.25) is 0 Å². The van der Waals surface area contributed by atoms with Gasteiger partial charge < -0.3 is 8.83 Å². The minimum atomic E-state index is -3.97. The van der Waals surface area contributed by atoms with Crippen molar-refractivity contribution >= 4 is 15.7 Å². The van der Waals surface area contributed by atoms with Crippen LogP contribution >= 0.6 is 0 Å². The molecule has 7 nitrogen and oxygen atoms in total. The highest BCUT2D eigenvalue weighted by atomic mass is 32.2. The maximum atomic E-state index is 13.1. The zero-order valence-corrected chi connectivity index (χ0v) is 14.6. The molecule has 2 aromatic heterocycles. The van der Waals surface area contributed by atoms with Crippen LogP contribution in [0.4, 0.5) is 10.1 Å². The molecule has 2 heterocycles. The summed E-state index contributed by atoms with van der Waals surface area (Å²) in [5, 5.41) is 7.41. The minimum Gasteiger partial charge on any atom is -0.438 e. The molecule has 0 fully saturated rings. The minimum absolute atomic E-state index is 0.0440. The average Bonchev–Trinajstić information content (AvgIpc) is 3.18. The van der Waals surface area contributed by atoms with E-state index >= 15 is 0 Å². The van der Waals surface area contributed by atoms with Crippen LogP contribution in [0.1, 0.15) is 31.2 Å². The molecular weight excluding hydrogens is 349 g/mol.